The lowest BCUT2D eigenvalue weighted by molar-refractivity contribution is -0.141. The van der Waals surface area contributed by atoms with E-state index in [9.17, 15) is 9.59 Å². The van der Waals surface area contributed by atoms with Crippen LogP contribution in [0.1, 0.15) is 46.5 Å². The van der Waals surface area contributed by atoms with Gasteiger partial charge in [-0.05, 0) is 33.6 Å². The fourth-order valence-electron chi connectivity index (χ4n) is 1.98. The van der Waals surface area contributed by atoms with Crippen LogP contribution in [0.2, 0.25) is 0 Å². The van der Waals surface area contributed by atoms with Crippen molar-refractivity contribution in [2.75, 3.05) is 13.7 Å². The van der Waals surface area contributed by atoms with Crippen molar-refractivity contribution in [3.8, 4) is 6.07 Å². The summed E-state index contributed by atoms with van der Waals surface area (Å²) in [5, 5.41) is 8.91. The molecule has 0 heterocycles. The molecule has 6 nitrogen and oxygen atoms in total. The molecule has 1 aliphatic carbocycles. The fraction of sp³-hybridized carbons (Fsp3) is 0.786. The first-order valence-electron chi connectivity index (χ1n) is 6.68. The van der Waals surface area contributed by atoms with Crippen LogP contribution in [0.25, 0.3) is 0 Å². The number of nitriles is 1. The van der Waals surface area contributed by atoms with Crippen molar-refractivity contribution in [3.05, 3.63) is 0 Å². The van der Waals surface area contributed by atoms with Crippen LogP contribution < -0.4 is 0 Å². The molecule has 0 aliphatic heterocycles. The highest BCUT2D eigenvalue weighted by molar-refractivity contribution is 5.73. The third-order valence-electron chi connectivity index (χ3n) is 3.19. The molecule has 0 spiro atoms. The van der Waals surface area contributed by atoms with E-state index in [1.165, 1.54) is 12.0 Å². The monoisotopic (exact) mass is 282 g/mol. The van der Waals surface area contributed by atoms with Crippen LogP contribution in [-0.4, -0.2) is 41.8 Å². The molecule has 20 heavy (non-hydrogen) atoms. The van der Waals surface area contributed by atoms with E-state index in [0.29, 0.717) is 0 Å². The average molecular weight is 282 g/mol. The van der Waals surface area contributed by atoms with Gasteiger partial charge in [-0.1, -0.05) is 0 Å². The summed E-state index contributed by atoms with van der Waals surface area (Å²) in [6.45, 7) is 5.57. The maximum absolute atomic E-state index is 12.3. The van der Waals surface area contributed by atoms with Crippen LogP contribution >= 0.6 is 0 Å². The molecule has 0 N–H and O–H groups in total. The van der Waals surface area contributed by atoms with Crippen LogP contribution in [-0.2, 0) is 14.3 Å². The van der Waals surface area contributed by atoms with Crippen molar-refractivity contribution < 1.29 is 19.1 Å². The quantitative estimate of drug-likeness (QED) is 0.722. The number of methoxy groups -OCH3 is 1. The van der Waals surface area contributed by atoms with E-state index >= 15 is 0 Å². The van der Waals surface area contributed by atoms with Gasteiger partial charge in [0, 0.05) is 6.54 Å². The summed E-state index contributed by atoms with van der Waals surface area (Å²) in [6, 6.07) is 2.10. The number of carbonyl (C=O) groups excluding carboxylic acids is 2. The molecule has 0 aromatic heterocycles. The van der Waals surface area contributed by atoms with E-state index in [-0.39, 0.29) is 25.4 Å². The van der Waals surface area contributed by atoms with Gasteiger partial charge in [0.15, 0.2) is 0 Å². The lowest BCUT2D eigenvalue weighted by Gasteiger charge is -2.32. The predicted octanol–water partition coefficient (Wildman–Crippen LogP) is 2.23. The molecule has 112 valence electrons. The van der Waals surface area contributed by atoms with Crippen molar-refractivity contribution in [1.29, 1.82) is 5.26 Å². The zero-order valence-electron chi connectivity index (χ0n) is 12.6. The van der Waals surface area contributed by atoms with Crippen molar-refractivity contribution in [3.63, 3.8) is 0 Å². The van der Waals surface area contributed by atoms with E-state index in [1.54, 1.807) is 20.8 Å². The van der Waals surface area contributed by atoms with E-state index in [1.807, 2.05) is 0 Å². The first-order valence-corrected chi connectivity index (χ1v) is 6.68. The number of rotatable bonds is 5. The number of carbonyl (C=O) groups is 2. The number of ether oxygens (including phenoxy) is 2. The largest absolute Gasteiger partial charge is 0.469 e. The lowest BCUT2D eigenvalue weighted by Crippen LogP contribution is -2.46. The van der Waals surface area contributed by atoms with Crippen molar-refractivity contribution in [1.82, 2.24) is 4.90 Å². The van der Waals surface area contributed by atoms with Crippen LogP contribution in [0.3, 0.4) is 0 Å². The summed E-state index contributed by atoms with van der Waals surface area (Å²) >= 11 is 0. The maximum atomic E-state index is 12.3. The van der Waals surface area contributed by atoms with Gasteiger partial charge in [0.05, 0.1) is 31.6 Å². The summed E-state index contributed by atoms with van der Waals surface area (Å²) in [4.78, 5) is 25.0. The molecule has 6 heteroatoms. The predicted molar refractivity (Wildman–Crippen MR) is 71.8 cm³/mol. The first kappa shape index (κ1) is 16.3. The maximum Gasteiger partial charge on any atom is 0.410 e. The van der Waals surface area contributed by atoms with Crippen molar-refractivity contribution in [2.24, 2.45) is 0 Å². The highest BCUT2D eigenvalue weighted by atomic mass is 16.6. The summed E-state index contributed by atoms with van der Waals surface area (Å²) in [6.07, 6.45) is 1.41. The van der Waals surface area contributed by atoms with Gasteiger partial charge in [-0.2, -0.15) is 5.26 Å². The molecule has 0 unspecified atom stereocenters. The Morgan fingerprint density at radius 2 is 1.95 bits per heavy atom. The number of hydrogen-bond donors (Lipinski definition) is 0. The molecular weight excluding hydrogens is 260 g/mol. The highest BCUT2D eigenvalue weighted by Gasteiger charge is 2.51. The molecule has 0 bridgehead atoms. The van der Waals surface area contributed by atoms with Gasteiger partial charge in [0.2, 0.25) is 0 Å². The minimum atomic E-state index is -0.608. The summed E-state index contributed by atoms with van der Waals surface area (Å²) in [7, 11) is 1.31. The molecule has 1 rings (SSSR count). The number of nitrogens with zero attached hydrogens (tertiary/aromatic N) is 2. The molecule has 0 aromatic rings. The van der Waals surface area contributed by atoms with Gasteiger partial charge in [-0.3, -0.25) is 4.79 Å². The van der Waals surface area contributed by atoms with Gasteiger partial charge in [0.1, 0.15) is 5.60 Å². The minimum absolute atomic E-state index is 0.100. The molecule has 1 fully saturated rings. The average Bonchev–Trinajstić information content (AvgIpc) is 3.07. The normalized spacial score (nSPS) is 15.9. The molecular formula is C14H22N2O4. The molecule has 1 amide bonds. The Balaban J connectivity index is 2.77. The van der Waals surface area contributed by atoms with Crippen LogP contribution in [0.4, 0.5) is 4.79 Å². The van der Waals surface area contributed by atoms with Crippen LogP contribution in [0.15, 0.2) is 0 Å². The standard InChI is InChI=1S/C14H22N2O4/c1-13(2,3)20-12(18)16(10-5-11(17)19-4)14(6-7-14)8-9-15/h5-8,10H2,1-4H3. The smallest absolute Gasteiger partial charge is 0.410 e. The van der Waals surface area contributed by atoms with Gasteiger partial charge < -0.3 is 14.4 Å². The molecule has 1 aliphatic rings. The Morgan fingerprint density at radius 1 is 1.35 bits per heavy atom. The Hall–Kier alpha value is -1.77. The van der Waals surface area contributed by atoms with E-state index in [2.05, 4.69) is 10.8 Å². The van der Waals surface area contributed by atoms with Gasteiger partial charge in [-0.15, -0.1) is 0 Å². The topological polar surface area (TPSA) is 79.6 Å². The Labute approximate surface area is 119 Å². The second-order valence-electron chi connectivity index (χ2n) is 6.02. The first-order chi connectivity index (χ1) is 9.24. The molecule has 0 aromatic carbocycles. The SMILES string of the molecule is COC(=O)CCN(C(=O)OC(C)(C)C)C1(CC#N)CC1. The van der Waals surface area contributed by atoms with Crippen LogP contribution in [0.5, 0.6) is 0 Å². The third kappa shape index (κ3) is 4.41. The molecule has 0 atom stereocenters. The van der Waals surface area contributed by atoms with Crippen molar-refractivity contribution >= 4 is 12.1 Å². The number of amides is 1. The van der Waals surface area contributed by atoms with E-state index < -0.39 is 17.2 Å². The number of hydrogen-bond acceptors (Lipinski definition) is 5. The molecule has 1 saturated carbocycles. The summed E-state index contributed by atoms with van der Waals surface area (Å²) in [5.74, 6) is -0.383. The lowest BCUT2D eigenvalue weighted by atomic mass is 10.1. The second kappa shape index (κ2) is 6.12. The minimum Gasteiger partial charge on any atom is -0.469 e. The number of esters is 1. The Morgan fingerprint density at radius 3 is 2.35 bits per heavy atom. The Bertz CT molecular complexity index is 416. The summed E-state index contributed by atoms with van der Waals surface area (Å²) < 4.78 is 9.96. The molecule has 0 radical (unpaired) electrons. The van der Waals surface area contributed by atoms with Gasteiger partial charge in [-0.25, -0.2) is 4.79 Å². The molecule has 0 saturated heterocycles. The van der Waals surface area contributed by atoms with Crippen molar-refractivity contribution in [2.45, 2.75) is 57.6 Å². The zero-order chi connectivity index (χ0) is 15.4. The van der Waals surface area contributed by atoms with Gasteiger partial charge >= 0.3 is 12.1 Å². The Kier molecular flexibility index (Phi) is 4.98. The van der Waals surface area contributed by atoms with E-state index in [4.69, 9.17) is 10.00 Å². The second-order valence-corrected chi connectivity index (χ2v) is 6.02. The van der Waals surface area contributed by atoms with Crippen LogP contribution in [0, 0.1) is 11.3 Å². The third-order valence-corrected chi connectivity index (χ3v) is 3.19. The summed E-state index contributed by atoms with van der Waals surface area (Å²) in [5.41, 5.74) is -1.07. The fourth-order valence-corrected chi connectivity index (χ4v) is 1.98. The van der Waals surface area contributed by atoms with Gasteiger partial charge in [0.25, 0.3) is 0 Å². The van der Waals surface area contributed by atoms with E-state index in [0.717, 1.165) is 12.8 Å². The zero-order valence-corrected chi connectivity index (χ0v) is 12.6. The highest BCUT2D eigenvalue weighted by Crippen LogP contribution is 2.45.